The Kier molecular flexibility index (Phi) is 6.77. The van der Waals surface area contributed by atoms with Crippen molar-refractivity contribution in [3.05, 3.63) is 0 Å². The molecule has 1 nitrogen and oxygen atoms in total. The summed E-state index contributed by atoms with van der Waals surface area (Å²) < 4.78 is 6.55. The standard InChI is InChI=1S/C13H30OSi/c1-8-13(9-2)14-15(10-3,11(4)5)12(6)7/h11-13H,8-10H2,1-7H3. The fraction of sp³-hybridized carbons (Fsp3) is 1.00. The van der Waals surface area contributed by atoms with Gasteiger partial charge in [-0.1, -0.05) is 48.5 Å². The average molecular weight is 230 g/mol. The number of hydrogen-bond donors (Lipinski definition) is 0. The maximum atomic E-state index is 6.55. The molecule has 0 N–H and O–H groups in total. The van der Waals surface area contributed by atoms with Crippen LogP contribution in [0.5, 0.6) is 0 Å². The van der Waals surface area contributed by atoms with Crippen LogP contribution >= 0.6 is 0 Å². The molecule has 0 spiro atoms. The minimum Gasteiger partial charge on any atom is -0.413 e. The van der Waals surface area contributed by atoms with Gasteiger partial charge in [0.1, 0.15) is 0 Å². The van der Waals surface area contributed by atoms with E-state index in [9.17, 15) is 0 Å². The smallest absolute Gasteiger partial charge is 0.197 e. The highest BCUT2D eigenvalue weighted by Gasteiger charge is 2.41. The van der Waals surface area contributed by atoms with E-state index in [0.717, 1.165) is 23.9 Å². The zero-order valence-electron chi connectivity index (χ0n) is 11.8. The van der Waals surface area contributed by atoms with Crippen molar-refractivity contribution in [3.8, 4) is 0 Å². The predicted octanol–water partition coefficient (Wildman–Crippen LogP) is 4.98. The van der Waals surface area contributed by atoms with Crippen molar-refractivity contribution in [2.45, 2.75) is 84.5 Å². The second-order valence-electron chi connectivity index (χ2n) is 5.17. The first-order valence-corrected chi connectivity index (χ1v) is 8.89. The summed E-state index contributed by atoms with van der Waals surface area (Å²) in [5, 5.41) is 0. The van der Waals surface area contributed by atoms with Crippen LogP contribution in [0, 0.1) is 0 Å². The molecular weight excluding hydrogens is 200 g/mol. The molecular formula is C13H30OSi. The molecule has 0 aromatic carbocycles. The van der Waals surface area contributed by atoms with Gasteiger partial charge in [-0.15, -0.1) is 0 Å². The van der Waals surface area contributed by atoms with Crippen molar-refractivity contribution in [1.82, 2.24) is 0 Å². The monoisotopic (exact) mass is 230 g/mol. The van der Waals surface area contributed by atoms with E-state index in [-0.39, 0.29) is 0 Å². The Labute approximate surface area is 97.7 Å². The minimum atomic E-state index is -1.53. The number of rotatable bonds is 7. The molecule has 0 aromatic rings. The van der Waals surface area contributed by atoms with E-state index in [1.807, 2.05) is 0 Å². The van der Waals surface area contributed by atoms with Crippen LogP contribution < -0.4 is 0 Å². The molecule has 0 aliphatic heterocycles. The normalized spacial score (nSPS) is 13.2. The van der Waals surface area contributed by atoms with Crippen LogP contribution in [0.2, 0.25) is 17.1 Å². The van der Waals surface area contributed by atoms with Gasteiger partial charge in [0.05, 0.1) is 0 Å². The van der Waals surface area contributed by atoms with Gasteiger partial charge in [-0.2, -0.15) is 0 Å². The van der Waals surface area contributed by atoms with Crippen LogP contribution in [0.3, 0.4) is 0 Å². The Hall–Kier alpha value is 0.177. The average Bonchev–Trinajstić information content (AvgIpc) is 2.19. The van der Waals surface area contributed by atoms with E-state index in [1.165, 1.54) is 6.04 Å². The third kappa shape index (κ3) is 3.60. The molecule has 0 amide bonds. The van der Waals surface area contributed by atoms with Crippen LogP contribution in [0.4, 0.5) is 0 Å². The van der Waals surface area contributed by atoms with Gasteiger partial charge >= 0.3 is 0 Å². The Morgan fingerprint density at radius 3 is 1.47 bits per heavy atom. The van der Waals surface area contributed by atoms with Gasteiger partial charge < -0.3 is 4.43 Å². The summed E-state index contributed by atoms with van der Waals surface area (Å²) in [6.07, 6.45) is 2.80. The second kappa shape index (κ2) is 6.69. The molecule has 0 bridgehead atoms. The topological polar surface area (TPSA) is 9.23 Å². The highest BCUT2D eigenvalue weighted by atomic mass is 28.4. The predicted molar refractivity (Wildman–Crippen MR) is 71.9 cm³/mol. The molecule has 0 aliphatic rings. The van der Waals surface area contributed by atoms with Crippen LogP contribution in [0.15, 0.2) is 0 Å². The van der Waals surface area contributed by atoms with Crippen LogP contribution in [0.25, 0.3) is 0 Å². The van der Waals surface area contributed by atoms with E-state index in [2.05, 4.69) is 48.5 Å². The first-order chi connectivity index (χ1) is 6.94. The van der Waals surface area contributed by atoms with E-state index in [4.69, 9.17) is 4.43 Å². The molecule has 0 fully saturated rings. The van der Waals surface area contributed by atoms with Crippen molar-refractivity contribution in [3.63, 3.8) is 0 Å². The van der Waals surface area contributed by atoms with Gasteiger partial charge in [0.2, 0.25) is 0 Å². The van der Waals surface area contributed by atoms with Crippen LogP contribution in [0.1, 0.15) is 61.3 Å². The zero-order valence-corrected chi connectivity index (χ0v) is 12.8. The van der Waals surface area contributed by atoms with Crippen LogP contribution in [-0.2, 0) is 4.43 Å². The summed E-state index contributed by atoms with van der Waals surface area (Å²) in [4.78, 5) is 0. The molecule has 0 aliphatic carbocycles. The zero-order chi connectivity index (χ0) is 12.1. The lowest BCUT2D eigenvalue weighted by Gasteiger charge is -2.40. The molecule has 0 heterocycles. The highest BCUT2D eigenvalue weighted by molar-refractivity contribution is 6.76. The minimum absolute atomic E-state index is 0.487. The Bertz CT molecular complexity index is 154. The lowest BCUT2D eigenvalue weighted by Crippen LogP contribution is -2.46. The fourth-order valence-corrected chi connectivity index (χ4v) is 7.24. The molecule has 0 saturated heterocycles. The Morgan fingerprint density at radius 1 is 0.867 bits per heavy atom. The lowest BCUT2D eigenvalue weighted by molar-refractivity contribution is 0.169. The van der Waals surface area contributed by atoms with Crippen molar-refractivity contribution >= 4 is 8.32 Å². The molecule has 15 heavy (non-hydrogen) atoms. The van der Waals surface area contributed by atoms with Crippen molar-refractivity contribution in [1.29, 1.82) is 0 Å². The van der Waals surface area contributed by atoms with E-state index in [1.54, 1.807) is 0 Å². The summed E-state index contributed by atoms with van der Waals surface area (Å²) in [7, 11) is -1.53. The molecule has 0 radical (unpaired) electrons. The maximum absolute atomic E-state index is 6.55. The summed E-state index contributed by atoms with van der Waals surface area (Å²) >= 11 is 0. The van der Waals surface area contributed by atoms with Gasteiger partial charge in [0.15, 0.2) is 8.32 Å². The van der Waals surface area contributed by atoms with E-state index in [0.29, 0.717) is 6.10 Å². The fourth-order valence-electron chi connectivity index (χ4n) is 2.60. The van der Waals surface area contributed by atoms with Gasteiger partial charge in [0, 0.05) is 6.10 Å². The third-order valence-electron chi connectivity index (χ3n) is 3.80. The van der Waals surface area contributed by atoms with Gasteiger partial charge in [-0.3, -0.25) is 0 Å². The largest absolute Gasteiger partial charge is 0.413 e. The summed E-state index contributed by atoms with van der Waals surface area (Å²) in [5.74, 6) is 0. The van der Waals surface area contributed by atoms with Gasteiger partial charge in [0.25, 0.3) is 0 Å². The third-order valence-corrected chi connectivity index (χ3v) is 9.59. The molecule has 0 saturated carbocycles. The SMILES string of the molecule is CCC(CC)O[Si](CC)(C(C)C)C(C)C. The molecule has 0 atom stereocenters. The van der Waals surface area contributed by atoms with E-state index >= 15 is 0 Å². The van der Waals surface area contributed by atoms with E-state index < -0.39 is 8.32 Å². The molecule has 92 valence electrons. The van der Waals surface area contributed by atoms with Gasteiger partial charge in [-0.05, 0) is 30.0 Å². The molecule has 2 heteroatoms. The highest BCUT2D eigenvalue weighted by Crippen LogP contribution is 2.38. The summed E-state index contributed by atoms with van der Waals surface area (Å²) in [6.45, 7) is 16.2. The van der Waals surface area contributed by atoms with Gasteiger partial charge in [-0.25, -0.2) is 0 Å². The van der Waals surface area contributed by atoms with Crippen molar-refractivity contribution in [2.75, 3.05) is 0 Å². The second-order valence-corrected chi connectivity index (χ2v) is 10.3. The number of hydrogen-bond acceptors (Lipinski definition) is 1. The maximum Gasteiger partial charge on any atom is 0.197 e. The first kappa shape index (κ1) is 15.2. The Morgan fingerprint density at radius 2 is 1.27 bits per heavy atom. The summed E-state index contributed by atoms with van der Waals surface area (Å²) in [5.41, 5.74) is 1.45. The molecule has 0 rings (SSSR count). The molecule has 0 unspecified atom stereocenters. The van der Waals surface area contributed by atoms with Crippen molar-refractivity contribution < 1.29 is 4.43 Å². The first-order valence-electron chi connectivity index (χ1n) is 6.62. The quantitative estimate of drug-likeness (QED) is 0.561. The Balaban J connectivity index is 4.76. The van der Waals surface area contributed by atoms with Crippen LogP contribution in [-0.4, -0.2) is 14.4 Å². The summed E-state index contributed by atoms with van der Waals surface area (Å²) in [6, 6.07) is 1.25. The lowest BCUT2D eigenvalue weighted by atomic mass is 10.2. The molecule has 0 aromatic heterocycles. The van der Waals surface area contributed by atoms with Crippen molar-refractivity contribution in [2.24, 2.45) is 0 Å².